The van der Waals surface area contributed by atoms with Crippen LogP contribution in [0.2, 0.25) is 0 Å². The van der Waals surface area contributed by atoms with E-state index in [-0.39, 0.29) is 27.8 Å². The van der Waals surface area contributed by atoms with Crippen LogP contribution in [0.3, 0.4) is 0 Å². The van der Waals surface area contributed by atoms with Gasteiger partial charge < -0.3 is 10.2 Å². The minimum absolute atomic E-state index is 0.119. The third-order valence-electron chi connectivity index (χ3n) is 4.10. The van der Waals surface area contributed by atoms with E-state index in [0.29, 0.717) is 0 Å². The second-order valence-electron chi connectivity index (χ2n) is 7.07. The Morgan fingerprint density at radius 3 is 1.20 bits per heavy atom. The van der Waals surface area contributed by atoms with E-state index in [9.17, 15) is 10.2 Å². The molecule has 2 nitrogen and oxygen atoms in total. The molecule has 0 spiro atoms. The van der Waals surface area contributed by atoms with Crippen molar-refractivity contribution in [1.82, 2.24) is 0 Å². The molecule has 0 aliphatic heterocycles. The summed E-state index contributed by atoms with van der Waals surface area (Å²) >= 11 is 0. The first kappa shape index (κ1) is 17.4. The maximum absolute atomic E-state index is 9.61. The maximum Gasteiger partial charge on any atom is 0.166 e. The quantitative estimate of drug-likeness (QED) is 0.613. The molecule has 0 bridgehead atoms. The zero-order valence-electron chi connectivity index (χ0n) is 14.7. The molecule has 0 saturated heterocycles. The van der Waals surface area contributed by atoms with Crippen LogP contribution in [-0.2, 0) is 16.3 Å². The van der Waals surface area contributed by atoms with Crippen LogP contribution in [0.1, 0.15) is 26.3 Å². The van der Waals surface area contributed by atoms with Gasteiger partial charge in [-0.1, -0.05) is 32.9 Å². The van der Waals surface area contributed by atoms with Gasteiger partial charge in [0, 0.05) is 0 Å². The summed E-state index contributed by atoms with van der Waals surface area (Å²) in [6.07, 6.45) is 0. The standard InChI is InChI=1S/C22H22O2S/c1-22(2,3)16-4-10-19(11-5-16)25(20-12-6-17(23)7-13-20)21-14-8-18(24)9-15-21/h4-15H,1-3H3,(H-,23,24)/p+1. The Balaban J connectivity index is 2.07. The fraction of sp³-hybridized carbons (Fsp3) is 0.182. The van der Waals surface area contributed by atoms with Gasteiger partial charge in [-0.25, -0.2) is 0 Å². The van der Waals surface area contributed by atoms with E-state index in [1.54, 1.807) is 24.3 Å². The van der Waals surface area contributed by atoms with Crippen LogP contribution in [0.15, 0.2) is 87.5 Å². The first-order valence-electron chi connectivity index (χ1n) is 8.27. The molecule has 0 aliphatic rings. The highest BCUT2D eigenvalue weighted by molar-refractivity contribution is 7.97. The molecule has 25 heavy (non-hydrogen) atoms. The van der Waals surface area contributed by atoms with Crippen molar-refractivity contribution in [3.05, 3.63) is 78.4 Å². The van der Waals surface area contributed by atoms with Crippen LogP contribution in [0, 0.1) is 0 Å². The van der Waals surface area contributed by atoms with Crippen LogP contribution in [0.4, 0.5) is 0 Å². The molecule has 0 amide bonds. The topological polar surface area (TPSA) is 40.5 Å². The second-order valence-corrected chi connectivity index (χ2v) is 9.09. The van der Waals surface area contributed by atoms with Gasteiger partial charge >= 0.3 is 0 Å². The minimum Gasteiger partial charge on any atom is -0.508 e. The van der Waals surface area contributed by atoms with Crippen molar-refractivity contribution >= 4 is 10.9 Å². The molecule has 3 rings (SSSR count). The summed E-state index contributed by atoms with van der Waals surface area (Å²) in [5, 5.41) is 19.2. The van der Waals surface area contributed by atoms with E-state index in [4.69, 9.17) is 0 Å². The van der Waals surface area contributed by atoms with Crippen molar-refractivity contribution in [1.29, 1.82) is 0 Å². The van der Waals surface area contributed by atoms with Gasteiger partial charge in [-0.05, 0) is 71.6 Å². The lowest BCUT2D eigenvalue weighted by Crippen LogP contribution is -2.11. The lowest BCUT2D eigenvalue weighted by atomic mass is 9.87. The zero-order valence-corrected chi connectivity index (χ0v) is 15.5. The fourth-order valence-corrected chi connectivity index (χ4v) is 4.70. The number of hydrogen-bond donors (Lipinski definition) is 2. The lowest BCUT2D eigenvalue weighted by Gasteiger charge is -2.19. The number of aromatic hydroxyl groups is 2. The molecule has 2 N–H and O–H groups in total. The number of phenolic OH excluding ortho intramolecular Hbond substituents is 2. The van der Waals surface area contributed by atoms with Crippen LogP contribution in [0.25, 0.3) is 0 Å². The second kappa shape index (κ2) is 6.85. The van der Waals surface area contributed by atoms with Gasteiger partial charge in [-0.2, -0.15) is 0 Å². The first-order chi connectivity index (χ1) is 11.8. The Hall–Kier alpha value is -2.39. The van der Waals surface area contributed by atoms with Crippen molar-refractivity contribution in [2.24, 2.45) is 0 Å². The molecule has 0 heterocycles. The summed E-state index contributed by atoms with van der Waals surface area (Å²) in [6.45, 7) is 6.63. The molecule has 3 aromatic carbocycles. The van der Waals surface area contributed by atoms with Crippen LogP contribution >= 0.6 is 0 Å². The molecular formula is C22H23O2S+. The van der Waals surface area contributed by atoms with Gasteiger partial charge in [0.25, 0.3) is 0 Å². The molecule has 128 valence electrons. The highest BCUT2D eigenvalue weighted by atomic mass is 32.2. The minimum atomic E-state index is -0.288. The summed E-state index contributed by atoms with van der Waals surface area (Å²) in [6, 6.07) is 23.5. The molecule has 0 fully saturated rings. The van der Waals surface area contributed by atoms with Crippen molar-refractivity contribution in [2.75, 3.05) is 0 Å². The first-order valence-corrected chi connectivity index (χ1v) is 9.50. The van der Waals surface area contributed by atoms with Crippen molar-refractivity contribution in [2.45, 2.75) is 40.9 Å². The molecule has 0 radical (unpaired) electrons. The number of hydrogen-bond acceptors (Lipinski definition) is 2. The predicted molar refractivity (Wildman–Crippen MR) is 104 cm³/mol. The highest BCUT2D eigenvalue weighted by Crippen LogP contribution is 2.34. The average molecular weight is 351 g/mol. The molecule has 0 atom stereocenters. The Morgan fingerprint density at radius 1 is 0.560 bits per heavy atom. The summed E-state index contributed by atoms with van der Waals surface area (Å²) in [7, 11) is -0.288. The van der Waals surface area contributed by atoms with Gasteiger partial charge in [0.2, 0.25) is 0 Å². The van der Waals surface area contributed by atoms with Gasteiger partial charge in [-0.15, -0.1) is 0 Å². The maximum atomic E-state index is 9.61. The third kappa shape index (κ3) is 3.99. The van der Waals surface area contributed by atoms with Crippen molar-refractivity contribution < 1.29 is 10.2 Å². The van der Waals surface area contributed by atoms with E-state index >= 15 is 0 Å². The Kier molecular flexibility index (Phi) is 4.78. The van der Waals surface area contributed by atoms with E-state index in [0.717, 1.165) is 9.79 Å². The van der Waals surface area contributed by atoms with E-state index in [1.165, 1.54) is 10.5 Å². The Morgan fingerprint density at radius 2 is 0.880 bits per heavy atom. The van der Waals surface area contributed by atoms with E-state index in [1.807, 2.05) is 24.3 Å². The van der Waals surface area contributed by atoms with E-state index in [2.05, 4.69) is 45.0 Å². The van der Waals surface area contributed by atoms with Gasteiger partial charge in [0.15, 0.2) is 14.7 Å². The molecule has 0 aliphatic carbocycles. The van der Waals surface area contributed by atoms with Crippen LogP contribution in [-0.4, -0.2) is 10.2 Å². The fourth-order valence-electron chi connectivity index (χ4n) is 2.66. The summed E-state index contributed by atoms with van der Waals surface area (Å²) in [5.74, 6) is 0.530. The molecule has 3 heteroatoms. The predicted octanol–water partition coefficient (Wildman–Crippen LogP) is 5.49. The summed E-state index contributed by atoms with van der Waals surface area (Å²) < 4.78 is 0. The SMILES string of the molecule is CC(C)(C)c1ccc([S+](c2ccc(O)cc2)c2ccc(O)cc2)cc1. The number of rotatable bonds is 3. The summed E-state index contributed by atoms with van der Waals surface area (Å²) in [5.41, 5.74) is 1.42. The molecular weight excluding hydrogens is 328 g/mol. The van der Waals surface area contributed by atoms with Crippen LogP contribution < -0.4 is 0 Å². The monoisotopic (exact) mass is 351 g/mol. The van der Waals surface area contributed by atoms with Gasteiger partial charge in [-0.3, -0.25) is 0 Å². The van der Waals surface area contributed by atoms with E-state index < -0.39 is 0 Å². The Labute approximate surface area is 152 Å². The summed E-state index contributed by atoms with van der Waals surface area (Å²) in [4.78, 5) is 3.48. The van der Waals surface area contributed by atoms with Crippen LogP contribution in [0.5, 0.6) is 11.5 Å². The molecule has 0 unspecified atom stereocenters. The van der Waals surface area contributed by atoms with Gasteiger partial charge in [0.05, 0.1) is 10.9 Å². The molecule has 0 saturated carbocycles. The number of benzene rings is 3. The average Bonchev–Trinajstić information content (AvgIpc) is 2.58. The largest absolute Gasteiger partial charge is 0.508 e. The molecule has 3 aromatic rings. The third-order valence-corrected chi connectivity index (χ3v) is 6.33. The lowest BCUT2D eigenvalue weighted by molar-refractivity contribution is 0.474. The Bertz CT molecular complexity index is 784. The van der Waals surface area contributed by atoms with Gasteiger partial charge in [0.1, 0.15) is 11.5 Å². The smallest absolute Gasteiger partial charge is 0.166 e. The van der Waals surface area contributed by atoms with Crippen molar-refractivity contribution in [3.63, 3.8) is 0 Å². The highest BCUT2D eigenvalue weighted by Gasteiger charge is 2.29. The molecule has 0 aromatic heterocycles. The van der Waals surface area contributed by atoms with Crippen molar-refractivity contribution in [3.8, 4) is 11.5 Å². The number of phenols is 2. The zero-order chi connectivity index (χ0) is 18.0. The normalized spacial score (nSPS) is 11.7.